The SMILES string of the molecule is CC1=C(C(=O)N(C)C)C(c2c(F)cccc2F)NC(=S)N1c1ccc(C)cc1. The van der Waals surface area contributed by atoms with Crippen molar-refractivity contribution in [2.75, 3.05) is 19.0 Å². The Morgan fingerprint density at radius 2 is 1.64 bits per heavy atom. The van der Waals surface area contributed by atoms with Crippen LogP contribution in [0.4, 0.5) is 14.5 Å². The van der Waals surface area contributed by atoms with Gasteiger partial charge >= 0.3 is 0 Å². The summed E-state index contributed by atoms with van der Waals surface area (Å²) < 4.78 is 29.0. The largest absolute Gasteiger partial charge is 0.351 e. The number of rotatable bonds is 3. The number of amides is 1. The summed E-state index contributed by atoms with van der Waals surface area (Å²) in [7, 11) is 3.20. The Bertz CT molecular complexity index is 950. The number of anilines is 1. The molecule has 146 valence electrons. The fourth-order valence-corrected chi connectivity index (χ4v) is 3.63. The molecule has 1 N–H and O–H groups in total. The average molecular weight is 401 g/mol. The van der Waals surface area contributed by atoms with Crippen molar-refractivity contribution < 1.29 is 13.6 Å². The summed E-state index contributed by atoms with van der Waals surface area (Å²) in [5.41, 5.74) is 2.38. The maximum atomic E-state index is 14.5. The molecule has 7 heteroatoms. The third-order valence-electron chi connectivity index (χ3n) is 4.70. The minimum Gasteiger partial charge on any atom is -0.351 e. The van der Waals surface area contributed by atoms with Crippen LogP contribution in [0.5, 0.6) is 0 Å². The van der Waals surface area contributed by atoms with Gasteiger partial charge in [-0.1, -0.05) is 23.8 Å². The summed E-state index contributed by atoms with van der Waals surface area (Å²) in [5, 5.41) is 3.23. The maximum Gasteiger partial charge on any atom is 0.253 e. The van der Waals surface area contributed by atoms with Crippen LogP contribution < -0.4 is 10.2 Å². The fraction of sp³-hybridized carbons (Fsp3) is 0.238. The topological polar surface area (TPSA) is 35.6 Å². The number of hydrogen-bond donors (Lipinski definition) is 1. The molecule has 0 fully saturated rings. The Kier molecular flexibility index (Phi) is 5.47. The molecule has 2 aromatic carbocycles. The van der Waals surface area contributed by atoms with Crippen LogP contribution in [0.15, 0.2) is 53.7 Å². The number of aryl methyl sites for hydroxylation is 1. The van der Waals surface area contributed by atoms with Crippen LogP contribution in [0, 0.1) is 18.6 Å². The lowest BCUT2D eigenvalue weighted by molar-refractivity contribution is -0.125. The molecule has 0 aromatic heterocycles. The fourth-order valence-electron chi connectivity index (χ4n) is 3.27. The lowest BCUT2D eigenvalue weighted by Crippen LogP contribution is -2.49. The highest BCUT2D eigenvalue weighted by atomic mass is 32.1. The van der Waals surface area contributed by atoms with Crippen molar-refractivity contribution in [3.05, 3.63) is 76.5 Å². The van der Waals surface area contributed by atoms with Crippen LogP contribution in [0.1, 0.15) is 24.1 Å². The molecule has 0 spiro atoms. The molecule has 0 saturated heterocycles. The van der Waals surface area contributed by atoms with Crippen molar-refractivity contribution >= 4 is 28.9 Å². The lowest BCUT2D eigenvalue weighted by atomic mass is 9.93. The normalized spacial score (nSPS) is 16.9. The van der Waals surface area contributed by atoms with E-state index in [0.717, 1.165) is 11.3 Å². The summed E-state index contributed by atoms with van der Waals surface area (Å²) in [6.45, 7) is 3.70. The zero-order valence-electron chi connectivity index (χ0n) is 16.1. The molecule has 1 aliphatic heterocycles. The monoisotopic (exact) mass is 401 g/mol. The van der Waals surface area contributed by atoms with Crippen LogP contribution in [-0.2, 0) is 4.79 Å². The van der Waals surface area contributed by atoms with Crippen LogP contribution >= 0.6 is 12.2 Å². The Labute approximate surface area is 168 Å². The van der Waals surface area contributed by atoms with Crippen LogP contribution in [-0.4, -0.2) is 30.0 Å². The van der Waals surface area contributed by atoms with Gasteiger partial charge in [-0.2, -0.15) is 0 Å². The van der Waals surface area contributed by atoms with E-state index >= 15 is 0 Å². The van der Waals surface area contributed by atoms with Gasteiger partial charge in [0.05, 0.1) is 17.2 Å². The molecule has 0 bridgehead atoms. The van der Waals surface area contributed by atoms with Crippen LogP contribution in [0.2, 0.25) is 0 Å². The standard InChI is InChI=1S/C21H21F2N3OS/c1-12-8-10-14(11-9-12)26-13(2)17(20(27)25(3)4)19(24-21(26)28)18-15(22)6-5-7-16(18)23/h5-11,19H,1-4H3,(H,24,28). The first kappa shape index (κ1) is 19.9. The molecule has 1 aliphatic rings. The molecule has 2 aromatic rings. The molecule has 0 aliphatic carbocycles. The number of nitrogens with one attached hydrogen (secondary N) is 1. The lowest BCUT2D eigenvalue weighted by Gasteiger charge is -2.38. The second kappa shape index (κ2) is 7.67. The summed E-state index contributed by atoms with van der Waals surface area (Å²) >= 11 is 5.50. The van der Waals surface area contributed by atoms with E-state index in [2.05, 4.69) is 5.32 Å². The Balaban J connectivity index is 2.22. The second-order valence-corrected chi connectivity index (χ2v) is 7.27. The molecule has 1 unspecified atom stereocenters. The highest BCUT2D eigenvalue weighted by Crippen LogP contribution is 2.36. The number of hydrogen-bond acceptors (Lipinski definition) is 2. The van der Waals surface area contributed by atoms with E-state index in [9.17, 15) is 13.6 Å². The van der Waals surface area contributed by atoms with E-state index in [1.54, 1.807) is 25.9 Å². The first-order chi connectivity index (χ1) is 13.2. The molecule has 1 atom stereocenters. The Morgan fingerprint density at radius 1 is 1.07 bits per heavy atom. The van der Waals surface area contributed by atoms with Crippen LogP contribution in [0.3, 0.4) is 0 Å². The van der Waals surface area contributed by atoms with E-state index in [-0.39, 0.29) is 22.2 Å². The number of likely N-dealkylation sites (N-methyl/N-ethyl adjacent to an activating group) is 1. The second-order valence-electron chi connectivity index (χ2n) is 6.89. The summed E-state index contributed by atoms with van der Waals surface area (Å²) in [6, 6.07) is 10.2. The van der Waals surface area contributed by atoms with E-state index < -0.39 is 17.7 Å². The highest BCUT2D eigenvalue weighted by molar-refractivity contribution is 7.80. The Morgan fingerprint density at radius 3 is 2.18 bits per heavy atom. The third-order valence-corrected chi connectivity index (χ3v) is 5.00. The van der Waals surface area contributed by atoms with Gasteiger partial charge < -0.3 is 10.2 Å². The van der Waals surface area contributed by atoms with Gasteiger partial charge in [0, 0.05) is 25.5 Å². The number of thiocarbonyl (C=S) groups is 1. The highest BCUT2D eigenvalue weighted by Gasteiger charge is 2.37. The predicted molar refractivity (Wildman–Crippen MR) is 110 cm³/mol. The minimum absolute atomic E-state index is 0.224. The minimum atomic E-state index is -1.02. The number of allylic oxidation sites excluding steroid dienone is 1. The van der Waals surface area contributed by atoms with Crippen molar-refractivity contribution in [1.29, 1.82) is 0 Å². The smallest absolute Gasteiger partial charge is 0.253 e. The number of benzene rings is 2. The molecule has 1 heterocycles. The van der Waals surface area contributed by atoms with Crippen LogP contribution in [0.25, 0.3) is 0 Å². The molecular weight excluding hydrogens is 380 g/mol. The first-order valence-corrected chi connectivity index (χ1v) is 9.16. The van der Waals surface area contributed by atoms with Crippen molar-refractivity contribution in [2.45, 2.75) is 19.9 Å². The van der Waals surface area contributed by atoms with E-state index in [1.165, 1.54) is 23.1 Å². The van der Waals surface area contributed by atoms with Crippen molar-refractivity contribution in [2.24, 2.45) is 0 Å². The molecule has 1 amide bonds. The zero-order valence-corrected chi connectivity index (χ0v) is 16.9. The molecule has 3 rings (SSSR count). The molecule has 4 nitrogen and oxygen atoms in total. The Hall–Kier alpha value is -2.80. The van der Waals surface area contributed by atoms with Gasteiger partial charge in [0.1, 0.15) is 11.6 Å². The molecule has 0 radical (unpaired) electrons. The zero-order chi connectivity index (χ0) is 20.6. The van der Waals surface area contributed by atoms with Crippen molar-refractivity contribution in [1.82, 2.24) is 10.2 Å². The van der Waals surface area contributed by atoms with E-state index in [1.807, 2.05) is 31.2 Å². The number of halogens is 2. The van der Waals surface area contributed by atoms with E-state index in [4.69, 9.17) is 12.2 Å². The third kappa shape index (κ3) is 3.49. The van der Waals surface area contributed by atoms with Gasteiger partial charge in [-0.15, -0.1) is 0 Å². The summed E-state index contributed by atoms with van der Waals surface area (Å²) in [4.78, 5) is 16.1. The van der Waals surface area contributed by atoms with Crippen molar-refractivity contribution in [3.8, 4) is 0 Å². The number of carbonyl (C=O) groups is 1. The van der Waals surface area contributed by atoms with Gasteiger partial charge in [-0.3, -0.25) is 9.69 Å². The number of nitrogens with zero attached hydrogens (tertiary/aromatic N) is 2. The van der Waals surface area contributed by atoms with Gasteiger partial charge in [0.2, 0.25) is 0 Å². The average Bonchev–Trinajstić information content (AvgIpc) is 2.62. The summed E-state index contributed by atoms with van der Waals surface area (Å²) in [5.74, 6) is -1.82. The predicted octanol–water partition coefficient (Wildman–Crippen LogP) is 4.07. The van der Waals surface area contributed by atoms with Gasteiger partial charge in [-0.05, 0) is 50.3 Å². The molecule has 0 saturated carbocycles. The summed E-state index contributed by atoms with van der Waals surface area (Å²) in [6.07, 6.45) is 0. The van der Waals surface area contributed by atoms with E-state index in [0.29, 0.717) is 5.70 Å². The van der Waals surface area contributed by atoms with Crippen molar-refractivity contribution in [3.63, 3.8) is 0 Å². The van der Waals surface area contributed by atoms with Gasteiger partial charge in [0.15, 0.2) is 5.11 Å². The maximum absolute atomic E-state index is 14.5. The molecule has 28 heavy (non-hydrogen) atoms. The van der Waals surface area contributed by atoms with Gasteiger partial charge in [-0.25, -0.2) is 8.78 Å². The quantitative estimate of drug-likeness (QED) is 0.787. The molecular formula is C21H21F2N3OS. The van der Waals surface area contributed by atoms with Gasteiger partial charge in [0.25, 0.3) is 5.91 Å². The first-order valence-electron chi connectivity index (χ1n) is 8.76. The number of carbonyl (C=O) groups excluding carboxylic acids is 1.